The average Bonchev–Trinajstić information content (AvgIpc) is 2.67. The summed E-state index contributed by atoms with van der Waals surface area (Å²) in [6, 6.07) is 2.85. The fraction of sp³-hybridized carbons (Fsp3) is 0.667. The molecule has 2 atom stereocenters. The van der Waals surface area contributed by atoms with E-state index in [1.54, 1.807) is 4.88 Å². The first-order valence-electron chi connectivity index (χ1n) is 5.74. The maximum atomic E-state index is 6.13. The van der Waals surface area contributed by atoms with Crippen LogP contribution in [0, 0.1) is 0 Å². The van der Waals surface area contributed by atoms with Crippen molar-refractivity contribution < 1.29 is 4.74 Å². The van der Waals surface area contributed by atoms with Crippen LogP contribution in [-0.4, -0.2) is 19.2 Å². The predicted molar refractivity (Wildman–Crippen MR) is 62.4 cm³/mol. The first-order chi connectivity index (χ1) is 7.30. The molecule has 2 aliphatic rings. The van der Waals surface area contributed by atoms with Crippen LogP contribution in [0.15, 0.2) is 11.4 Å². The second-order valence-electron chi connectivity index (χ2n) is 4.66. The molecule has 2 aliphatic heterocycles. The van der Waals surface area contributed by atoms with E-state index in [0.717, 1.165) is 32.4 Å². The lowest BCUT2D eigenvalue weighted by Crippen LogP contribution is -2.48. The van der Waals surface area contributed by atoms with E-state index in [9.17, 15) is 0 Å². The number of thiophene rings is 1. The largest absolute Gasteiger partial charge is 0.370 e. The molecule has 1 aromatic rings. The van der Waals surface area contributed by atoms with Gasteiger partial charge >= 0.3 is 0 Å². The lowest BCUT2D eigenvalue weighted by atomic mass is 9.80. The molecule has 1 spiro atoms. The summed E-state index contributed by atoms with van der Waals surface area (Å²) < 4.78 is 6.13. The summed E-state index contributed by atoms with van der Waals surface area (Å²) in [5.74, 6) is 0. The molecule has 0 amide bonds. The van der Waals surface area contributed by atoms with Crippen molar-refractivity contribution in [3.63, 3.8) is 0 Å². The highest BCUT2D eigenvalue weighted by Gasteiger charge is 2.41. The predicted octanol–water partition coefficient (Wildman–Crippen LogP) is 2.29. The molecule has 2 nitrogen and oxygen atoms in total. The minimum atomic E-state index is 0.0399. The molecule has 0 aliphatic carbocycles. The minimum absolute atomic E-state index is 0.0399. The molecule has 3 heterocycles. The van der Waals surface area contributed by atoms with Crippen molar-refractivity contribution in [3.05, 3.63) is 21.9 Å². The van der Waals surface area contributed by atoms with E-state index in [-0.39, 0.29) is 5.60 Å². The highest BCUT2D eigenvalue weighted by atomic mass is 32.1. The van der Waals surface area contributed by atoms with E-state index in [1.165, 1.54) is 5.56 Å². The Morgan fingerprint density at radius 1 is 1.60 bits per heavy atom. The lowest BCUT2D eigenvalue weighted by molar-refractivity contribution is -0.0869. The number of hydrogen-bond donors (Lipinski definition) is 1. The molecule has 1 aromatic heterocycles. The van der Waals surface area contributed by atoms with Crippen LogP contribution in [0.3, 0.4) is 0 Å². The van der Waals surface area contributed by atoms with Crippen molar-refractivity contribution in [2.45, 2.75) is 37.8 Å². The summed E-state index contributed by atoms with van der Waals surface area (Å²) in [4.78, 5) is 1.55. The van der Waals surface area contributed by atoms with Gasteiger partial charge in [-0.2, -0.15) is 0 Å². The zero-order valence-corrected chi connectivity index (χ0v) is 9.90. The number of rotatable bonds is 0. The average molecular weight is 223 g/mol. The molecule has 3 heteroatoms. The number of hydrogen-bond acceptors (Lipinski definition) is 3. The summed E-state index contributed by atoms with van der Waals surface area (Å²) in [6.07, 6.45) is 3.36. The fourth-order valence-corrected chi connectivity index (χ4v) is 3.87. The topological polar surface area (TPSA) is 21.3 Å². The van der Waals surface area contributed by atoms with E-state index in [0.29, 0.717) is 6.04 Å². The second kappa shape index (κ2) is 3.58. The number of fused-ring (bicyclic) bond motifs is 2. The summed E-state index contributed by atoms with van der Waals surface area (Å²) >= 11 is 1.89. The SMILES string of the molecule is C[C@H]1CC2(CCN1)OCCc1sccc12. The molecule has 1 N–H and O–H groups in total. The molecule has 1 unspecified atom stereocenters. The third-order valence-electron chi connectivity index (χ3n) is 3.60. The van der Waals surface area contributed by atoms with Crippen LogP contribution in [0.2, 0.25) is 0 Å². The normalized spacial score (nSPS) is 35.4. The molecule has 15 heavy (non-hydrogen) atoms. The van der Waals surface area contributed by atoms with Crippen LogP contribution in [0.1, 0.15) is 30.2 Å². The van der Waals surface area contributed by atoms with E-state index < -0.39 is 0 Å². The minimum Gasteiger partial charge on any atom is -0.370 e. The maximum Gasteiger partial charge on any atom is 0.0968 e. The Morgan fingerprint density at radius 3 is 3.40 bits per heavy atom. The van der Waals surface area contributed by atoms with Gasteiger partial charge in [-0.05, 0) is 43.3 Å². The Labute approximate surface area is 94.6 Å². The summed E-state index contributed by atoms with van der Waals surface area (Å²) in [5, 5.41) is 5.72. The Bertz CT molecular complexity index is 362. The van der Waals surface area contributed by atoms with Gasteiger partial charge in [0.15, 0.2) is 0 Å². The molecule has 1 fully saturated rings. The summed E-state index contributed by atoms with van der Waals surface area (Å²) in [5.41, 5.74) is 1.52. The number of ether oxygens (including phenoxy) is 1. The summed E-state index contributed by atoms with van der Waals surface area (Å²) in [6.45, 7) is 4.24. The first-order valence-corrected chi connectivity index (χ1v) is 6.62. The van der Waals surface area contributed by atoms with E-state index in [2.05, 4.69) is 23.7 Å². The van der Waals surface area contributed by atoms with Gasteiger partial charge in [0, 0.05) is 17.3 Å². The monoisotopic (exact) mass is 223 g/mol. The Hall–Kier alpha value is -0.380. The van der Waals surface area contributed by atoms with Gasteiger partial charge in [0.05, 0.1) is 12.2 Å². The first kappa shape index (κ1) is 9.82. The molecule has 0 bridgehead atoms. The summed E-state index contributed by atoms with van der Waals surface area (Å²) in [7, 11) is 0. The lowest BCUT2D eigenvalue weighted by Gasteiger charge is -2.43. The van der Waals surface area contributed by atoms with E-state index in [4.69, 9.17) is 4.74 Å². The fourth-order valence-electron chi connectivity index (χ4n) is 2.92. The van der Waals surface area contributed by atoms with Crippen molar-refractivity contribution in [2.24, 2.45) is 0 Å². The third kappa shape index (κ3) is 1.53. The molecule has 0 saturated carbocycles. The molecule has 0 aromatic carbocycles. The van der Waals surface area contributed by atoms with Crippen LogP contribution in [-0.2, 0) is 16.8 Å². The highest BCUT2D eigenvalue weighted by Crippen LogP contribution is 2.43. The Morgan fingerprint density at radius 2 is 2.53 bits per heavy atom. The van der Waals surface area contributed by atoms with Crippen molar-refractivity contribution >= 4 is 11.3 Å². The van der Waals surface area contributed by atoms with Crippen molar-refractivity contribution in [3.8, 4) is 0 Å². The van der Waals surface area contributed by atoms with Crippen LogP contribution in [0.4, 0.5) is 0 Å². The quantitative estimate of drug-likeness (QED) is 0.728. The molecule has 1 saturated heterocycles. The van der Waals surface area contributed by atoms with Crippen LogP contribution >= 0.6 is 11.3 Å². The number of nitrogens with one attached hydrogen (secondary N) is 1. The third-order valence-corrected chi connectivity index (χ3v) is 4.58. The van der Waals surface area contributed by atoms with Crippen LogP contribution in [0.5, 0.6) is 0 Å². The van der Waals surface area contributed by atoms with Gasteiger partial charge in [-0.25, -0.2) is 0 Å². The standard InChI is InChI=1S/C12H17NOS/c1-9-8-12(4-5-13-9)10-3-7-15-11(10)2-6-14-12/h3,7,9,13H,2,4-6,8H2,1H3/t9-,12?/m0/s1. The maximum absolute atomic E-state index is 6.13. The Balaban J connectivity index is 1.99. The van der Waals surface area contributed by atoms with Gasteiger partial charge < -0.3 is 10.1 Å². The highest BCUT2D eigenvalue weighted by molar-refractivity contribution is 7.10. The second-order valence-corrected chi connectivity index (χ2v) is 5.66. The van der Waals surface area contributed by atoms with Gasteiger partial charge in [-0.15, -0.1) is 11.3 Å². The Kier molecular flexibility index (Phi) is 2.34. The molecular formula is C12H17NOS. The van der Waals surface area contributed by atoms with E-state index in [1.807, 2.05) is 11.3 Å². The van der Waals surface area contributed by atoms with Crippen LogP contribution in [0.25, 0.3) is 0 Å². The van der Waals surface area contributed by atoms with Crippen molar-refractivity contribution in [2.75, 3.05) is 13.2 Å². The zero-order valence-electron chi connectivity index (χ0n) is 9.08. The van der Waals surface area contributed by atoms with Gasteiger partial charge in [-0.3, -0.25) is 0 Å². The number of piperidine rings is 1. The smallest absolute Gasteiger partial charge is 0.0968 e. The van der Waals surface area contributed by atoms with Crippen molar-refractivity contribution in [1.29, 1.82) is 0 Å². The van der Waals surface area contributed by atoms with E-state index >= 15 is 0 Å². The molecule has 82 valence electrons. The molecule has 3 rings (SSSR count). The molecule has 0 radical (unpaired) electrons. The molecular weight excluding hydrogens is 206 g/mol. The van der Waals surface area contributed by atoms with Crippen LogP contribution < -0.4 is 5.32 Å². The van der Waals surface area contributed by atoms with Gasteiger partial charge in [0.2, 0.25) is 0 Å². The van der Waals surface area contributed by atoms with Gasteiger partial charge in [0.1, 0.15) is 0 Å². The zero-order chi connectivity index (χ0) is 10.3. The van der Waals surface area contributed by atoms with Gasteiger partial charge in [0.25, 0.3) is 0 Å². The van der Waals surface area contributed by atoms with Gasteiger partial charge in [-0.1, -0.05) is 0 Å². The van der Waals surface area contributed by atoms with Crippen molar-refractivity contribution in [1.82, 2.24) is 5.32 Å².